The minimum Gasteiger partial charge on any atom is -0.494 e. The molecular formula is C21H21N3O. The van der Waals surface area contributed by atoms with E-state index < -0.39 is 0 Å². The van der Waals surface area contributed by atoms with E-state index in [1.54, 1.807) is 6.21 Å². The summed E-state index contributed by atoms with van der Waals surface area (Å²) in [6, 6.07) is 17.0. The van der Waals surface area contributed by atoms with Crippen molar-refractivity contribution < 1.29 is 4.74 Å². The van der Waals surface area contributed by atoms with E-state index in [9.17, 15) is 0 Å². The van der Waals surface area contributed by atoms with Crippen LogP contribution in [0.4, 0.5) is 0 Å². The Bertz CT molecular complexity index is 834. The second-order valence-corrected chi connectivity index (χ2v) is 6.29. The van der Waals surface area contributed by atoms with E-state index in [2.05, 4.69) is 54.5 Å². The van der Waals surface area contributed by atoms with E-state index >= 15 is 0 Å². The molecule has 0 saturated heterocycles. The maximum absolute atomic E-state index is 5.56. The van der Waals surface area contributed by atoms with Crippen LogP contribution < -0.4 is 4.74 Å². The Morgan fingerprint density at radius 3 is 2.52 bits per heavy atom. The fraction of sp³-hybridized carbons (Fsp3) is 0.238. The number of ether oxygens (including phenoxy) is 1. The molecule has 0 spiro atoms. The van der Waals surface area contributed by atoms with Crippen molar-refractivity contribution >= 4 is 11.9 Å². The van der Waals surface area contributed by atoms with E-state index in [0.29, 0.717) is 6.61 Å². The van der Waals surface area contributed by atoms with Crippen LogP contribution in [-0.4, -0.2) is 29.7 Å². The van der Waals surface area contributed by atoms with Gasteiger partial charge in [0, 0.05) is 6.21 Å². The molecule has 2 aromatic rings. The molecule has 4 heteroatoms. The molecule has 2 aliphatic rings. The normalized spacial score (nSPS) is 21.2. The first-order chi connectivity index (χ1) is 12.3. The Labute approximate surface area is 148 Å². The molecule has 25 heavy (non-hydrogen) atoms. The summed E-state index contributed by atoms with van der Waals surface area (Å²) in [6.07, 6.45) is 5.95. The van der Waals surface area contributed by atoms with Gasteiger partial charge in [-0.15, -0.1) is 0 Å². The first kappa shape index (κ1) is 15.6. The van der Waals surface area contributed by atoms with Crippen LogP contribution >= 0.6 is 0 Å². The molecule has 0 aromatic heterocycles. The van der Waals surface area contributed by atoms with Gasteiger partial charge in [-0.3, -0.25) is 0 Å². The number of benzene rings is 2. The first-order valence-corrected chi connectivity index (χ1v) is 8.64. The first-order valence-electron chi connectivity index (χ1n) is 8.64. The van der Waals surface area contributed by atoms with Gasteiger partial charge in [-0.2, -0.15) is 15.3 Å². The maximum Gasteiger partial charge on any atom is 0.119 e. The predicted molar refractivity (Wildman–Crippen MR) is 101 cm³/mol. The maximum atomic E-state index is 5.56. The average Bonchev–Trinajstić information content (AvgIpc) is 3.03. The third kappa shape index (κ3) is 2.95. The average molecular weight is 331 g/mol. The minimum atomic E-state index is 0.120. The predicted octanol–water partition coefficient (Wildman–Crippen LogP) is 4.12. The molecule has 2 aliphatic heterocycles. The summed E-state index contributed by atoms with van der Waals surface area (Å²) in [5.74, 6) is 1.04. The standard InChI is InChI=1S/C21H21N3O/c1-3-25-18-12-10-17(11-13-18)21-20(16-8-6-15(2)7-9-16)19-5-4-14-22-24(19)23-21/h4-14,19-20H,3H2,1-2H3. The number of allylic oxidation sites excluding steroid dienone is 1. The quantitative estimate of drug-likeness (QED) is 0.845. The van der Waals surface area contributed by atoms with Gasteiger partial charge in [0.25, 0.3) is 0 Å². The summed E-state index contributed by atoms with van der Waals surface area (Å²) >= 11 is 0. The summed E-state index contributed by atoms with van der Waals surface area (Å²) in [7, 11) is 0. The van der Waals surface area contributed by atoms with Gasteiger partial charge in [0.05, 0.1) is 18.2 Å². The van der Waals surface area contributed by atoms with Crippen molar-refractivity contribution in [1.82, 2.24) is 5.12 Å². The van der Waals surface area contributed by atoms with Crippen molar-refractivity contribution in [1.29, 1.82) is 0 Å². The lowest BCUT2D eigenvalue weighted by Crippen LogP contribution is -2.29. The molecule has 0 saturated carbocycles. The second-order valence-electron chi connectivity index (χ2n) is 6.29. The van der Waals surface area contributed by atoms with Crippen molar-refractivity contribution in [3.05, 3.63) is 77.4 Å². The zero-order valence-corrected chi connectivity index (χ0v) is 14.5. The molecule has 2 aromatic carbocycles. The van der Waals surface area contributed by atoms with Gasteiger partial charge >= 0.3 is 0 Å². The highest BCUT2D eigenvalue weighted by Gasteiger charge is 2.38. The monoisotopic (exact) mass is 331 g/mol. The number of aryl methyl sites for hydroxylation is 1. The lowest BCUT2D eigenvalue weighted by atomic mass is 9.84. The summed E-state index contributed by atoms with van der Waals surface area (Å²) in [5, 5.41) is 11.0. The van der Waals surface area contributed by atoms with Gasteiger partial charge in [0.1, 0.15) is 11.8 Å². The van der Waals surface area contributed by atoms with Gasteiger partial charge in [-0.05, 0) is 55.3 Å². The van der Waals surface area contributed by atoms with Crippen molar-refractivity contribution in [3.8, 4) is 5.75 Å². The van der Waals surface area contributed by atoms with Crippen molar-refractivity contribution in [3.63, 3.8) is 0 Å². The van der Waals surface area contributed by atoms with Gasteiger partial charge in [0.15, 0.2) is 0 Å². The molecule has 2 heterocycles. The molecule has 0 N–H and O–H groups in total. The highest BCUT2D eigenvalue weighted by atomic mass is 16.5. The van der Waals surface area contributed by atoms with Crippen LogP contribution in [0.15, 0.2) is 70.9 Å². The Balaban J connectivity index is 1.73. The van der Waals surface area contributed by atoms with Crippen LogP contribution in [-0.2, 0) is 0 Å². The van der Waals surface area contributed by atoms with Crippen LogP contribution in [0.1, 0.15) is 29.5 Å². The number of nitrogens with zero attached hydrogens (tertiary/aromatic N) is 3. The molecule has 4 rings (SSSR count). The molecule has 2 atom stereocenters. The molecule has 2 unspecified atom stereocenters. The van der Waals surface area contributed by atoms with Crippen LogP contribution in [0.2, 0.25) is 0 Å². The largest absolute Gasteiger partial charge is 0.494 e. The number of rotatable bonds is 4. The molecule has 0 amide bonds. The summed E-state index contributed by atoms with van der Waals surface area (Å²) < 4.78 is 5.56. The molecule has 0 aliphatic carbocycles. The third-order valence-corrected chi connectivity index (χ3v) is 4.59. The van der Waals surface area contributed by atoms with Crippen molar-refractivity contribution in [2.24, 2.45) is 10.2 Å². The Kier molecular flexibility index (Phi) is 4.10. The molecule has 0 bridgehead atoms. The molecule has 0 fully saturated rings. The van der Waals surface area contributed by atoms with Crippen molar-refractivity contribution in [2.45, 2.75) is 25.8 Å². The highest BCUT2D eigenvalue weighted by molar-refractivity contribution is 6.07. The smallest absolute Gasteiger partial charge is 0.119 e. The molecule has 4 nitrogen and oxygen atoms in total. The van der Waals surface area contributed by atoms with E-state index in [1.165, 1.54) is 11.1 Å². The van der Waals surface area contributed by atoms with Crippen LogP contribution in [0.5, 0.6) is 5.75 Å². The molecule has 0 radical (unpaired) electrons. The van der Waals surface area contributed by atoms with E-state index in [1.807, 2.05) is 30.3 Å². The topological polar surface area (TPSA) is 37.2 Å². The lowest BCUT2D eigenvalue weighted by Gasteiger charge is -2.24. The molecular weight excluding hydrogens is 310 g/mol. The number of hydrogen-bond donors (Lipinski definition) is 0. The highest BCUT2D eigenvalue weighted by Crippen LogP contribution is 2.36. The van der Waals surface area contributed by atoms with Gasteiger partial charge in [-0.25, -0.2) is 0 Å². The van der Waals surface area contributed by atoms with E-state index in [-0.39, 0.29) is 12.0 Å². The number of fused-ring (bicyclic) bond motifs is 1. The fourth-order valence-electron chi connectivity index (χ4n) is 3.35. The zero-order valence-electron chi connectivity index (χ0n) is 14.5. The minimum absolute atomic E-state index is 0.120. The van der Waals surface area contributed by atoms with Crippen LogP contribution in [0, 0.1) is 6.92 Å². The van der Waals surface area contributed by atoms with Crippen molar-refractivity contribution in [2.75, 3.05) is 6.61 Å². The SMILES string of the molecule is CCOc1ccc(C2=NN3N=CC=CC3C2c2ccc(C)cc2)cc1. The zero-order chi connectivity index (χ0) is 17.2. The van der Waals surface area contributed by atoms with Gasteiger partial charge in [-0.1, -0.05) is 35.9 Å². The number of hydrazone groups is 2. The van der Waals surface area contributed by atoms with Gasteiger partial charge in [0.2, 0.25) is 0 Å². The summed E-state index contributed by atoms with van der Waals surface area (Å²) in [6.45, 7) is 4.77. The Morgan fingerprint density at radius 1 is 1.04 bits per heavy atom. The van der Waals surface area contributed by atoms with E-state index in [0.717, 1.165) is 17.0 Å². The summed E-state index contributed by atoms with van der Waals surface area (Å²) in [5.41, 5.74) is 4.66. The van der Waals surface area contributed by atoms with E-state index in [4.69, 9.17) is 9.84 Å². The van der Waals surface area contributed by atoms with Gasteiger partial charge < -0.3 is 4.74 Å². The van der Waals surface area contributed by atoms with Crippen LogP contribution in [0.3, 0.4) is 0 Å². The Hall–Kier alpha value is -2.88. The lowest BCUT2D eigenvalue weighted by molar-refractivity contribution is 0.268. The summed E-state index contributed by atoms with van der Waals surface area (Å²) in [4.78, 5) is 0. The fourth-order valence-corrected chi connectivity index (χ4v) is 3.35. The third-order valence-electron chi connectivity index (χ3n) is 4.59. The molecule has 126 valence electrons. The van der Waals surface area contributed by atoms with Crippen LogP contribution in [0.25, 0.3) is 0 Å². The number of hydrogen-bond acceptors (Lipinski definition) is 4. The Morgan fingerprint density at radius 2 is 1.80 bits per heavy atom. The second kappa shape index (κ2) is 6.55.